The van der Waals surface area contributed by atoms with Crippen LogP contribution in [0.15, 0.2) is 65.8 Å². The number of amides is 1. The minimum absolute atomic E-state index is 0.00204. The molecule has 2 aromatic rings. The zero-order chi connectivity index (χ0) is 44.2. The molecule has 1 amide bonds. The van der Waals surface area contributed by atoms with Gasteiger partial charge in [-0.3, -0.25) is 13.8 Å². The van der Waals surface area contributed by atoms with Crippen molar-refractivity contribution >= 4 is 76.0 Å². The van der Waals surface area contributed by atoms with Crippen LogP contribution < -0.4 is 19.0 Å². The lowest BCUT2D eigenvalue weighted by molar-refractivity contribution is -0.147. The van der Waals surface area contributed by atoms with Gasteiger partial charge in [-0.05, 0) is 92.8 Å². The Labute approximate surface area is 334 Å². The Morgan fingerprint density at radius 1 is 1.11 bits per heavy atom. The number of carbonyl (C=O) groups is 2. The normalized spacial score (nSPS) is 31.2. The lowest BCUT2D eigenvalue weighted by Crippen LogP contribution is -2.67. The molecule has 0 radical (unpaired) electrons. The second-order valence-electron chi connectivity index (χ2n) is 12.0. The molecule has 13 nitrogen and oxygen atoms in total. The molecule has 2 unspecified atom stereocenters. The van der Waals surface area contributed by atoms with E-state index >= 15 is 0 Å². The first-order chi connectivity index (χ1) is 29.2. The molecule has 2 heterocycles. The standard InChI is InChI=1S/C34H44B3NO12S3/c1-18(10-11-44-21-6-4-3-5-7-21)28-32(53(43)16-37)27(41)34(48-28)47-22-9-8-20(13-23(22)49-51-14-35)12-19(2)33(42)38-24-25(39)26(40)30-31(46-17-45-30)29(24)50-52-15-36/h3-10,12-13,24-26,28-32,34,39-40H,11,14-17,35-37H2,1-2H3,(H,38,42)/b18-10+,19-12+/t24?,25-,26+,28+,29+,30+,31-,32-,34+,53?/m0/s1/i35TD,36TD,37TD,39T,40T. The maximum absolute atomic E-state index is 13.8. The molecule has 2 saturated heterocycles. The van der Waals surface area contributed by atoms with E-state index in [0.717, 1.165) is 24.1 Å². The number of carbonyl (C=O) groups excluding carboxylic acids is 2. The van der Waals surface area contributed by atoms with E-state index in [2.05, 4.69) is 5.32 Å². The highest BCUT2D eigenvalue weighted by molar-refractivity contribution is 7.96. The summed E-state index contributed by atoms with van der Waals surface area (Å²) in [6.07, 6.45) is -4.56. The van der Waals surface area contributed by atoms with Crippen LogP contribution in [0.3, 0.4) is 0 Å². The summed E-state index contributed by atoms with van der Waals surface area (Å²) in [5.41, 5.74) is 0.574. The van der Waals surface area contributed by atoms with Gasteiger partial charge in [0, 0.05) is 34.1 Å². The lowest BCUT2D eigenvalue weighted by Gasteiger charge is -2.43. The number of ketones is 1. The number of aliphatic hydroxyl groups excluding tert-OH is 2. The van der Waals surface area contributed by atoms with E-state index in [1.54, 1.807) is 31.2 Å². The van der Waals surface area contributed by atoms with Crippen molar-refractivity contribution in [1.29, 1.82) is 10.9 Å². The first kappa shape index (κ1) is 31.5. The Bertz CT molecular complexity index is 1870. The Kier molecular flexibility index (Phi) is 11.7. The largest absolute Gasteiger partial charge is 0.490 e. The molecule has 3 N–H and O–H groups in total. The second-order valence-corrected chi connectivity index (χ2v) is 15.1. The van der Waals surface area contributed by atoms with Crippen LogP contribution in [0.4, 0.5) is 0 Å². The van der Waals surface area contributed by atoms with E-state index in [1.807, 2.05) is 18.2 Å². The Morgan fingerprint density at radius 3 is 2.68 bits per heavy atom. The predicted molar refractivity (Wildman–Crippen MR) is 211 cm³/mol. The highest BCUT2D eigenvalue weighted by atomic mass is 32.2. The van der Waals surface area contributed by atoms with Crippen molar-refractivity contribution in [2.75, 3.05) is 30.4 Å². The fraction of sp³-hybridized carbons (Fsp3) is 0.471. The summed E-state index contributed by atoms with van der Waals surface area (Å²) >= 11 is 1.59. The van der Waals surface area contributed by atoms with Crippen molar-refractivity contribution < 1.29 is 56.1 Å². The number of hydrogen-bond acceptors (Lipinski definition) is 14. The van der Waals surface area contributed by atoms with E-state index in [0.29, 0.717) is 16.9 Å². The van der Waals surface area contributed by atoms with Gasteiger partial charge in [0.05, 0.1) is 6.04 Å². The first-order valence-electron chi connectivity index (χ1n) is 20.8. The Balaban J connectivity index is 1.37. The van der Waals surface area contributed by atoms with Crippen LogP contribution in [0, 0.1) is 0 Å². The van der Waals surface area contributed by atoms with E-state index in [9.17, 15) is 13.8 Å². The van der Waals surface area contributed by atoms with Crippen LogP contribution in [0.1, 0.15) is 19.4 Å². The van der Waals surface area contributed by atoms with Crippen LogP contribution in [0.25, 0.3) is 6.08 Å². The van der Waals surface area contributed by atoms with Gasteiger partial charge >= 0.3 is 0 Å². The number of para-hydroxylation sites is 1. The van der Waals surface area contributed by atoms with Crippen molar-refractivity contribution in [3.05, 3.63) is 71.3 Å². The maximum atomic E-state index is 13.8. The minimum atomic E-state index is -1.98. The third kappa shape index (κ3) is 10.1. The number of fused-ring (bicyclic) bond motifs is 1. The Morgan fingerprint density at radius 2 is 1.91 bits per heavy atom. The van der Waals surface area contributed by atoms with Crippen molar-refractivity contribution in [2.24, 2.45) is 0 Å². The number of Topliss-reactive ketones (excluding diaryl/α,β-unsaturated/α-hetero) is 1. The number of rotatable bonds is 22. The van der Waals surface area contributed by atoms with E-state index in [4.69, 9.17) is 53.1 Å². The predicted octanol–water partition coefficient (Wildman–Crippen LogP) is -0.301. The second kappa shape index (κ2) is 19.7. The van der Waals surface area contributed by atoms with Gasteiger partial charge in [0.15, 0.2) is 11.5 Å². The number of hydrogen-bond donors (Lipinski definition) is 3. The highest BCUT2D eigenvalue weighted by Crippen LogP contribution is 2.37. The van der Waals surface area contributed by atoms with Crippen LogP contribution in [-0.4, -0.2) is 145 Å². The third-order valence-corrected chi connectivity index (χ3v) is 10.9. The van der Waals surface area contributed by atoms with Crippen LogP contribution in [-0.2, 0) is 38.8 Å². The molecule has 3 aliphatic rings. The van der Waals surface area contributed by atoms with Gasteiger partial charge in [0.25, 0.3) is 6.29 Å². The monoisotopic (exact) mass is 800 g/mol. The minimum Gasteiger partial charge on any atom is -0.490 e. The summed E-state index contributed by atoms with van der Waals surface area (Å²) in [6.45, 7) is 3.14. The summed E-state index contributed by atoms with van der Waals surface area (Å²) in [6, 6.07) is 12.4. The van der Waals surface area contributed by atoms with E-state index in [-0.39, 0.29) is 41.8 Å². The summed E-state index contributed by atoms with van der Waals surface area (Å²) in [5, 5.41) is 11.3. The average Bonchev–Trinajstić information content (AvgIpc) is 3.83. The van der Waals surface area contributed by atoms with Crippen molar-refractivity contribution in [1.82, 2.24) is 5.32 Å². The maximum Gasteiger partial charge on any atom is 0.262 e. The van der Waals surface area contributed by atoms with E-state index in [1.165, 1.54) is 25.1 Å². The molecule has 2 aromatic carbocycles. The summed E-state index contributed by atoms with van der Waals surface area (Å²) < 4.78 is 115. The SMILES string of the molecule is [2H]B([3H])CSOc1cc(/C=C(\C)C(=O)NC2[C@@H](OSCB([2H])[3H])[C@@H]3OCO[C@@H]3[C@H](O[3H])[C@H]2O[3H])ccc1O[C@@H]1O[C@H](/C(C)=C/COc2ccccc2)[C@@H](S(=O)CB([2H])[3H])C1=O. The number of aliphatic hydroxyl groups is 2. The summed E-state index contributed by atoms with van der Waals surface area (Å²) in [4.78, 5) is 27.5. The fourth-order valence-electron chi connectivity index (χ4n) is 5.96. The van der Waals surface area contributed by atoms with Gasteiger partial charge < -0.3 is 47.6 Å². The molecule has 0 spiro atoms. The van der Waals surface area contributed by atoms with Gasteiger partial charge in [0.1, 0.15) is 84.3 Å². The van der Waals surface area contributed by atoms with Gasteiger partial charge in [-0.2, -0.15) is 0 Å². The third-order valence-electron chi connectivity index (χ3n) is 8.58. The molecule has 10 atom stereocenters. The quantitative estimate of drug-likeness (QED) is 0.0615. The molecule has 2 aliphatic heterocycles. The van der Waals surface area contributed by atoms with Gasteiger partial charge in [-0.15, -0.1) is 0 Å². The number of ether oxygens (including phenoxy) is 5. The molecule has 1 aliphatic carbocycles. The van der Waals surface area contributed by atoms with Crippen LogP contribution in [0.2, 0.25) is 0 Å². The molecule has 53 heavy (non-hydrogen) atoms. The van der Waals surface area contributed by atoms with Crippen molar-refractivity contribution in [3.8, 4) is 17.2 Å². The zero-order valence-electron chi connectivity index (χ0n) is 36.9. The molecule has 3 fully saturated rings. The number of nitrogens with one attached hydrogen (secondary N) is 1. The van der Waals surface area contributed by atoms with Gasteiger partial charge in [0.2, 0.25) is 14.6 Å². The van der Waals surface area contributed by atoms with Crippen LogP contribution >= 0.6 is 24.1 Å². The number of benzene rings is 2. The smallest absolute Gasteiger partial charge is 0.262 e. The van der Waals surface area contributed by atoms with Gasteiger partial charge in [-0.1, -0.05) is 24.3 Å². The molecule has 5 rings (SSSR count). The molecule has 1 saturated carbocycles. The molecule has 0 aromatic heterocycles. The van der Waals surface area contributed by atoms with Crippen molar-refractivity contribution in [2.45, 2.75) is 68.1 Å². The average molecular weight is 800 g/mol. The molecule has 19 heteroatoms. The Hall–Kier alpha value is -2.74. The lowest BCUT2D eigenvalue weighted by atomic mass is 9.83. The highest BCUT2D eigenvalue weighted by Gasteiger charge is 2.55. The fourth-order valence-corrected chi connectivity index (χ4v) is 7.88. The zero-order valence-corrected chi connectivity index (χ0v) is 31.3. The molecule has 0 bridgehead atoms. The summed E-state index contributed by atoms with van der Waals surface area (Å²) in [7, 11) is -5.89. The van der Waals surface area contributed by atoms with Crippen LogP contribution in [0.5, 0.6) is 17.2 Å². The molecular weight excluding hydrogens is 743 g/mol. The van der Waals surface area contributed by atoms with E-state index < -0.39 is 106 Å². The molecule has 284 valence electrons. The van der Waals surface area contributed by atoms with Crippen molar-refractivity contribution in [3.63, 3.8) is 0 Å². The first-order valence-corrected chi connectivity index (χ1v) is 19.7. The molecular formula is C34H44B3NO12S3. The van der Waals surface area contributed by atoms with Gasteiger partial charge in [-0.25, -0.2) is 0 Å². The summed E-state index contributed by atoms with van der Waals surface area (Å²) in [5.74, 6) is -0.662. The topological polar surface area (TPSA) is 168 Å².